The van der Waals surface area contributed by atoms with Crippen LogP contribution in [0.2, 0.25) is 0 Å². The topological polar surface area (TPSA) is 136 Å². The van der Waals surface area contributed by atoms with Crippen LogP contribution in [0.4, 0.5) is 0 Å². The number of nitrogens with one attached hydrogen (secondary N) is 1. The first kappa shape index (κ1) is 31.0. The molecule has 5 N–H and O–H groups in total. The molecule has 1 aromatic carbocycles. The molecule has 0 unspecified atom stereocenters. The van der Waals surface area contributed by atoms with E-state index in [1.165, 1.54) is 14.0 Å². The third-order valence-electron chi connectivity index (χ3n) is 10.6. The van der Waals surface area contributed by atoms with Crippen LogP contribution in [0.25, 0.3) is 0 Å². The second-order valence-electron chi connectivity index (χ2n) is 13.4. The second kappa shape index (κ2) is 13.1. The van der Waals surface area contributed by atoms with E-state index in [4.69, 9.17) is 4.74 Å². The maximum Gasteiger partial charge on any atom is 0.160 e. The number of aliphatic hydroxyl groups excluding tert-OH is 3. The summed E-state index contributed by atoms with van der Waals surface area (Å²) in [6, 6.07) is 3.65. The average Bonchev–Trinajstić information content (AvgIpc) is 3.02. The minimum atomic E-state index is -1.16. The molecule has 42 heavy (non-hydrogen) atoms. The summed E-state index contributed by atoms with van der Waals surface area (Å²) in [7, 11) is 1.47. The Hall–Kier alpha value is -2.44. The summed E-state index contributed by atoms with van der Waals surface area (Å²) in [4.78, 5) is 25.6. The van der Waals surface area contributed by atoms with Crippen LogP contribution >= 0.6 is 0 Å². The number of aromatic hydroxyl groups is 1. The van der Waals surface area contributed by atoms with Gasteiger partial charge in [0.2, 0.25) is 0 Å². The Balaban J connectivity index is 1.30. The monoisotopic (exact) mass is 581 g/mol. The minimum absolute atomic E-state index is 0.0453. The zero-order valence-corrected chi connectivity index (χ0v) is 25.0. The first-order valence-corrected chi connectivity index (χ1v) is 15.8. The van der Waals surface area contributed by atoms with E-state index in [1.807, 2.05) is 0 Å². The van der Waals surface area contributed by atoms with Gasteiger partial charge in [0.05, 0.1) is 25.4 Å². The number of ether oxygens (including phenoxy) is 1. The number of aliphatic hydroxyl groups is 3. The lowest BCUT2D eigenvalue weighted by atomic mass is 9.64. The molecule has 9 atom stereocenters. The van der Waals surface area contributed by atoms with Gasteiger partial charge in [-0.3, -0.25) is 9.59 Å². The maximum absolute atomic E-state index is 13.8. The van der Waals surface area contributed by atoms with Crippen LogP contribution < -0.4 is 10.1 Å². The fourth-order valence-electron chi connectivity index (χ4n) is 7.86. The molecule has 8 heteroatoms. The van der Waals surface area contributed by atoms with Gasteiger partial charge in [0, 0.05) is 31.2 Å². The molecule has 230 valence electrons. The SMILES string of the molecule is COc1cc2c(cc1O)[C@H](C[C@H](O)[C@H](C)O)C#C[C@]1(CC[C@H](CC[C@H]3CN[C@@H]4CC(=O)CC[C@H]4C3)C[C@H]1O)C(=O)CC2. The Labute approximate surface area is 249 Å². The van der Waals surface area contributed by atoms with Crippen molar-refractivity contribution >= 4 is 11.6 Å². The lowest BCUT2D eigenvalue weighted by molar-refractivity contribution is -0.134. The van der Waals surface area contributed by atoms with E-state index in [0.717, 1.165) is 44.2 Å². The molecule has 0 bridgehead atoms. The summed E-state index contributed by atoms with van der Waals surface area (Å²) in [6.07, 6.45) is 5.34. The predicted molar refractivity (Wildman–Crippen MR) is 158 cm³/mol. The van der Waals surface area contributed by atoms with Gasteiger partial charge >= 0.3 is 0 Å². The Morgan fingerprint density at radius 3 is 2.62 bits per heavy atom. The number of ketones is 2. The Morgan fingerprint density at radius 2 is 1.88 bits per heavy atom. The lowest BCUT2D eigenvalue weighted by Crippen LogP contribution is -2.49. The zero-order chi connectivity index (χ0) is 30.0. The van der Waals surface area contributed by atoms with Gasteiger partial charge in [0.15, 0.2) is 17.3 Å². The quantitative estimate of drug-likeness (QED) is 0.309. The standard InChI is InChI=1S/C34H47NO7/c1-20(36)29(38)15-24-10-12-34(32(40)8-6-23-16-31(42-2)30(39)18-27(23)24)11-9-21(14-33(34)41)3-4-22-13-25-5-7-26(37)17-28(25)35-19-22/h16,18,20-22,24-25,28-29,33,35-36,38-39,41H,3-9,11,13-15,17,19H2,1-2H3/t20-,21-,22+,24-,25-,28+,29-,33+,34+/m0/s1. The fourth-order valence-corrected chi connectivity index (χ4v) is 7.86. The van der Waals surface area contributed by atoms with Crippen LogP contribution in [0, 0.1) is 35.0 Å². The molecule has 3 fully saturated rings. The average molecular weight is 582 g/mol. The molecule has 1 saturated heterocycles. The predicted octanol–water partition coefficient (Wildman–Crippen LogP) is 3.41. The van der Waals surface area contributed by atoms with Crippen LogP contribution in [-0.2, 0) is 16.0 Å². The minimum Gasteiger partial charge on any atom is -0.504 e. The third-order valence-corrected chi connectivity index (χ3v) is 10.6. The zero-order valence-electron chi connectivity index (χ0n) is 25.0. The number of benzene rings is 1. The fraction of sp³-hybridized carbons (Fsp3) is 0.706. The van der Waals surface area contributed by atoms with E-state index in [0.29, 0.717) is 73.0 Å². The van der Waals surface area contributed by atoms with E-state index >= 15 is 0 Å². The number of carbonyl (C=O) groups excluding carboxylic acids is 2. The van der Waals surface area contributed by atoms with Gasteiger partial charge in [-0.25, -0.2) is 0 Å². The van der Waals surface area contributed by atoms with Gasteiger partial charge in [-0.2, -0.15) is 0 Å². The molecule has 8 nitrogen and oxygen atoms in total. The molecule has 3 aliphatic carbocycles. The van der Waals surface area contributed by atoms with Crippen molar-refractivity contribution in [3.8, 4) is 23.3 Å². The van der Waals surface area contributed by atoms with Crippen LogP contribution in [0.5, 0.6) is 11.5 Å². The van der Waals surface area contributed by atoms with Crippen molar-refractivity contribution in [1.29, 1.82) is 0 Å². The number of phenolic OH excluding ortho intramolecular Hbond substituents is 1. The maximum atomic E-state index is 13.8. The van der Waals surface area contributed by atoms with E-state index in [2.05, 4.69) is 17.2 Å². The van der Waals surface area contributed by atoms with Gasteiger partial charge < -0.3 is 30.5 Å². The number of piperidine rings is 1. The summed E-state index contributed by atoms with van der Waals surface area (Å²) in [5.74, 6) is 7.98. The number of rotatable bonds is 7. The van der Waals surface area contributed by atoms with Gasteiger partial charge in [-0.15, -0.1) is 0 Å². The first-order chi connectivity index (χ1) is 20.1. The van der Waals surface area contributed by atoms with Gasteiger partial charge in [0.25, 0.3) is 0 Å². The molecule has 0 amide bonds. The van der Waals surface area contributed by atoms with Gasteiger partial charge in [0.1, 0.15) is 11.2 Å². The molecule has 0 aromatic heterocycles. The third kappa shape index (κ3) is 6.55. The number of phenols is 1. The molecular formula is C34H47NO7. The lowest BCUT2D eigenvalue weighted by Gasteiger charge is -2.42. The highest BCUT2D eigenvalue weighted by molar-refractivity contribution is 5.89. The summed E-state index contributed by atoms with van der Waals surface area (Å²) in [6.45, 7) is 2.46. The highest BCUT2D eigenvalue weighted by Crippen LogP contribution is 2.45. The molecule has 4 aliphatic rings. The highest BCUT2D eigenvalue weighted by Gasteiger charge is 2.47. The first-order valence-electron chi connectivity index (χ1n) is 15.8. The molecular weight excluding hydrogens is 534 g/mol. The molecule has 1 spiro atoms. The van der Waals surface area contributed by atoms with Crippen molar-refractivity contribution in [3.05, 3.63) is 23.3 Å². The molecule has 1 aromatic rings. The van der Waals surface area contributed by atoms with E-state index in [1.54, 1.807) is 12.1 Å². The van der Waals surface area contributed by atoms with E-state index in [9.17, 15) is 30.0 Å². The van der Waals surface area contributed by atoms with Crippen LogP contribution in [-0.4, -0.2) is 70.0 Å². The summed E-state index contributed by atoms with van der Waals surface area (Å²) >= 11 is 0. The van der Waals surface area contributed by atoms with Crippen molar-refractivity contribution < 1.29 is 34.8 Å². The molecule has 0 radical (unpaired) electrons. The molecule has 1 aliphatic heterocycles. The smallest absolute Gasteiger partial charge is 0.160 e. The van der Waals surface area contributed by atoms with Gasteiger partial charge in [-0.1, -0.05) is 18.3 Å². The van der Waals surface area contributed by atoms with Crippen LogP contribution in [0.15, 0.2) is 12.1 Å². The van der Waals surface area contributed by atoms with Crippen LogP contribution in [0.3, 0.4) is 0 Å². The van der Waals surface area contributed by atoms with Crippen molar-refractivity contribution in [1.82, 2.24) is 5.32 Å². The summed E-state index contributed by atoms with van der Waals surface area (Å²) in [5.41, 5.74) is 0.354. The highest BCUT2D eigenvalue weighted by atomic mass is 16.5. The molecule has 2 saturated carbocycles. The van der Waals surface area contributed by atoms with E-state index in [-0.39, 0.29) is 24.4 Å². The number of hydrogen-bond acceptors (Lipinski definition) is 8. The number of hydrogen-bond donors (Lipinski definition) is 5. The van der Waals surface area contributed by atoms with Crippen LogP contribution in [0.1, 0.15) is 94.6 Å². The number of aryl methyl sites for hydroxylation is 1. The number of methoxy groups -OCH3 is 1. The molecule has 5 rings (SSSR count). The Bertz CT molecular complexity index is 1220. The van der Waals surface area contributed by atoms with Crippen molar-refractivity contribution in [2.24, 2.45) is 23.2 Å². The number of Topliss-reactive ketones (excluding diaryl/α,β-unsaturated/α-hetero) is 2. The van der Waals surface area contributed by atoms with E-state index < -0.39 is 29.6 Å². The van der Waals surface area contributed by atoms with Gasteiger partial charge in [-0.05, 0) is 106 Å². The Kier molecular flexibility index (Phi) is 9.63. The largest absolute Gasteiger partial charge is 0.504 e. The summed E-state index contributed by atoms with van der Waals surface area (Å²) < 4.78 is 5.31. The molecule has 1 heterocycles. The van der Waals surface area contributed by atoms with Crippen molar-refractivity contribution in [2.45, 2.75) is 114 Å². The number of fused-ring (bicyclic) bond motifs is 2. The normalized spacial score (nSPS) is 34.6. The van der Waals surface area contributed by atoms with Crippen molar-refractivity contribution in [2.75, 3.05) is 13.7 Å². The summed E-state index contributed by atoms with van der Waals surface area (Å²) in [5, 5.41) is 46.2. The number of carbonyl (C=O) groups is 2. The second-order valence-corrected chi connectivity index (χ2v) is 13.4. The Morgan fingerprint density at radius 1 is 1.10 bits per heavy atom. The van der Waals surface area contributed by atoms with Crippen molar-refractivity contribution in [3.63, 3.8) is 0 Å².